The largest absolute Gasteiger partial charge is 0.508 e. The summed E-state index contributed by atoms with van der Waals surface area (Å²) in [6.45, 7) is 0. The molecular weight excluding hydrogens is 272 g/mol. The second kappa shape index (κ2) is 9.14. The van der Waals surface area contributed by atoms with Gasteiger partial charge < -0.3 is 10.2 Å². The van der Waals surface area contributed by atoms with Gasteiger partial charge in [0.05, 0.1) is 0 Å². The minimum absolute atomic E-state index is 0.345. The molecule has 0 spiro atoms. The van der Waals surface area contributed by atoms with Crippen LogP contribution < -0.4 is 0 Å². The zero-order chi connectivity index (χ0) is 15.6. The molecule has 2 aromatic carbocycles. The topological polar surface area (TPSA) is 40.5 Å². The molecule has 2 N–H and O–H groups in total. The maximum atomic E-state index is 9.23. The average Bonchev–Trinajstić information content (AvgIpc) is 2.53. The van der Waals surface area contributed by atoms with Gasteiger partial charge in [-0.2, -0.15) is 0 Å². The van der Waals surface area contributed by atoms with Gasteiger partial charge in [-0.25, -0.2) is 0 Å². The van der Waals surface area contributed by atoms with Crippen molar-refractivity contribution in [1.82, 2.24) is 0 Å². The molecule has 0 aromatic heterocycles. The lowest BCUT2D eigenvalue weighted by Gasteiger charge is -2.04. The minimum atomic E-state index is 0.345. The third-order valence-electron chi connectivity index (χ3n) is 4.05. The van der Waals surface area contributed by atoms with Crippen LogP contribution in [0.2, 0.25) is 0 Å². The summed E-state index contributed by atoms with van der Waals surface area (Å²) in [5.74, 6) is 0.690. The number of phenols is 2. The van der Waals surface area contributed by atoms with Crippen molar-refractivity contribution in [2.24, 2.45) is 0 Å². The fourth-order valence-electron chi connectivity index (χ4n) is 2.69. The Hall–Kier alpha value is -1.96. The minimum Gasteiger partial charge on any atom is -0.508 e. The quantitative estimate of drug-likeness (QED) is 0.623. The summed E-state index contributed by atoms with van der Waals surface area (Å²) in [4.78, 5) is 0. The second-order valence-corrected chi connectivity index (χ2v) is 5.95. The molecule has 2 aromatic rings. The second-order valence-electron chi connectivity index (χ2n) is 5.95. The van der Waals surface area contributed by atoms with Gasteiger partial charge in [0.2, 0.25) is 0 Å². The number of benzene rings is 2. The van der Waals surface area contributed by atoms with Gasteiger partial charge in [-0.1, -0.05) is 49.9 Å². The van der Waals surface area contributed by atoms with Crippen LogP contribution in [0.25, 0.3) is 0 Å². The first-order valence-corrected chi connectivity index (χ1v) is 8.30. The van der Waals surface area contributed by atoms with Gasteiger partial charge in [0.1, 0.15) is 11.5 Å². The van der Waals surface area contributed by atoms with Gasteiger partial charge >= 0.3 is 0 Å². The number of aryl methyl sites for hydroxylation is 2. The zero-order valence-corrected chi connectivity index (χ0v) is 13.2. The Labute approximate surface area is 133 Å². The van der Waals surface area contributed by atoms with E-state index in [1.807, 2.05) is 24.3 Å². The van der Waals surface area contributed by atoms with Gasteiger partial charge in [0.25, 0.3) is 0 Å². The van der Waals surface area contributed by atoms with Gasteiger partial charge in [-0.05, 0) is 61.1 Å². The highest BCUT2D eigenvalue weighted by atomic mass is 16.3. The molecule has 0 bridgehead atoms. The standard InChI is InChI=1S/C20H26O2/c21-19-13-9-17(10-14-19)7-5-3-1-2-4-6-8-18-11-15-20(22)16-12-18/h9-16,21-22H,1-8H2. The van der Waals surface area contributed by atoms with Crippen molar-refractivity contribution in [1.29, 1.82) is 0 Å². The van der Waals surface area contributed by atoms with Gasteiger partial charge in [0, 0.05) is 0 Å². The highest BCUT2D eigenvalue weighted by Gasteiger charge is 1.97. The van der Waals surface area contributed by atoms with Gasteiger partial charge in [-0.15, -0.1) is 0 Å². The van der Waals surface area contributed by atoms with Crippen LogP contribution in [0.1, 0.15) is 49.7 Å². The molecule has 0 heterocycles. The Bertz CT molecular complexity index is 477. The van der Waals surface area contributed by atoms with E-state index in [0.717, 1.165) is 12.8 Å². The number of aromatic hydroxyl groups is 2. The Morgan fingerprint density at radius 3 is 1.14 bits per heavy atom. The van der Waals surface area contributed by atoms with Crippen LogP contribution in [-0.2, 0) is 12.8 Å². The Morgan fingerprint density at radius 2 is 0.773 bits per heavy atom. The highest BCUT2D eigenvalue weighted by molar-refractivity contribution is 5.26. The van der Waals surface area contributed by atoms with Crippen molar-refractivity contribution in [3.63, 3.8) is 0 Å². The molecule has 0 saturated heterocycles. The number of hydrogen-bond donors (Lipinski definition) is 2. The van der Waals surface area contributed by atoms with Crippen LogP contribution in [0.3, 0.4) is 0 Å². The zero-order valence-electron chi connectivity index (χ0n) is 13.2. The van der Waals surface area contributed by atoms with E-state index in [4.69, 9.17) is 0 Å². The average molecular weight is 298 g/mol. The molecule has 0 fully saturated rings. The van der Waals surface area contributed by atoms with Crippen molar-refractivity contribution in [3.05, 3.63) is 59.7 Å². The first-order chi connectivity index (χ1) is 10.7. The number of rotatable bonds is 9. The van der Waals surface area contributed by atoms with Crippen LogP contribution in [0.5, 0.6) is 11.5 Å². The van der Waals surface area contributed by atoms with Crippen LogP contribution in [0, 0.1) is 0 Å². The Morgan fingerprint density at radius 1 is 0.455 bits per heavy atom. The summed E-state index contributed by atoms with van der Waals surface area (Å²) in [6.07, 6.45) is 9.81. The van der Waals surface area contributed by atoms with Crippen LogP contribution in [0.15, 0.2) is 48.5 Å². The number of phenolic OH excluding ortho intramolecular Hbond substituents is 2. The summed E-state index contributed by atoms with van der Waals surface area (Å²) in [5.41, 5.74) is 2.62. The molecule has 0 aliphatic rings. The first kappa shape index (κ1) is 16.4. The maximum absolute atomic E-state index is 9.23. The van der Waals surface area contributed by atoms with Crippen LogP contribution >= 0.6 is 0 Å². The first-order valence-electron chi connectivity index (χ1n) is 8.30. The lowest BCUT2D eigenvalue weighted by atomic mass is 10.0. The van der Waals surface area contributed by atoms with E-state index in [0.29, 0.717) is 11.5 Å². The molecule has 2 nitrogen and oxygen atoms in total. The molecule has 0 saturated carbocycles. The van der Waals surface area contributed by atoms with Crippen molar-refractivity contribution in [2.45, 2.75) is 51.4 Å². The van der Waals surface area contributed by atoms with E-state index in [1.54, 1.807) is 24.3 Å². The Balaban J connectivity index is 1.47. The van der Waals surface area contributed by atoms with E-state index in [2.05, 4.69) is 0 Å². The summed E-state index contributed by atoms with van der Waals surface area (Å²) in [5, 5.41) is 18.5. The molecule has 2 heteroatoms. The predicted molar refractivity (Wildman–Crippen MR) is 91.3 cm³/mol. The van der Waals surface area contributed by atoms with Gasteiger partial charge in [0.15, 0.2) is 0 Å². The van der Waals surface area contributed by atoms with E-state index in [-0.39, 0.29) is 0 Å². The lowest BCUT2D eigenvalue weighted by Crippen LogP contribution is -1.88. The van der Waals surface area contributed by atoms with Crippen LogP contribution in [0.4, 0.5) is 0 Å². The number of hydrogen-bond acceptors (Lipinski definition) is 2. The third kappa shape index (κ3) is 6.21. The molecule has 118 valence electrons. The molecule has 2 rings (SSSR count). The van der Waals surface area contributed by atoms with Crippen molar-refractivity contribution >= 4 is 0 Å². The highest BCUT2D eigenvalue weighted by Crippen LogP contribution is 2.15. The van der Waals surface area contributed by atoms with E-state index in [9.17, 15) is 10.2 Å². The molecule has 0 aliphatic heterocycles. The summed E-state index contributed by atoms with van der Waals surface area (Å²) in [6, 6.07) is 15.1. The van der Waals surface area contributed by atoms with E-state index >= 15 is 0 Å². The van der Waals surface area contributed by atoms with Crippen molar-refractivity contribution in [3.8, 4) is 11.5 Å². The summed E-state index contributed by atoms with van der Waals surface area (Å²) < 4.78 is 0. The third-order valence-corrected chi connectivity index (χ3v) is 4.05. The normalized spacial score (nSPS) is 10.7. The lowest BCUT2D eigenvalue weighted by molar-refractivity contribution is 0.474. The monoisotopic (exact) mass is 298 g/mol. The predicted octanol–water partition coefficient (Wildman–Crippen LogP) is 5.22. The van der Waals surface area contributed by atoms with E-state index < -0.39 is 0 Å². The Kier molecular flexibility index (Phi) is 6.82. The molecule has 0 aliphatic carbocycles. The van der Waals surface area contributed by atoms with Crippen LogP contribution in [-0.4, -0.2) is 10.2 Å². The molecule has 0 atom stereocenters. The molecule has 0 radical (unpaired) electrons. The fraction of sp³-hybridized carbons (Fsp3) is 0.400. The number of unbranched alkanes of at least 4 members (excludes halogenated alkanes) is 5. The molecular formula is C20H26O2. The van der Waals surface area contributed by atoms with E-state index in [1.165, 1.54) is 49.7 Å². The molecule has 0 unspecified atom stereocenters. The maximum Gasteiger partial charge on any atom is 0.115 e. The molecule has 22 heavy (non-hydrogen) atoms. The summed E-state index contributed by atoms with van der Waals surface area (Å²) >= 11 is 0. The SMILES string of the molecule is Oc1ccc(CCCCCCCCc2ccc(O)cc2)cc1. The molecule has 0 amide bonds. The van der Waals surface area contributed by atoms with Crippen molar-refractivity contribution < 1.29 is 10.2 Å². The summed E-state index contributed by atoms with van der Waals surface area (Å²) in [7, 11) is 0. The smallest absolute Gasteiger partial charge is 0.115 e. The fourth-order valence-corrected chi connectivity index (χ4v) is 2.69. The van der Waals surface area contributed by atoms with Crippen molar-refractivity contribution in [2.75, 3.05) is 0 Å². The van der Waals surface area contributed by atoms with Gasteiger partial charge in [-0.3, -0.25) is 0 Å².